The van der Waals surface area contributed by atoms with Crippen molar-refractivity contribution in [2.45, 2.75) is 52.4 Å². The number of phenolic OH excluding ortho intramolecular Hbond substituents is 1. The van der Waals surface area contributed by atoms with Gasteiger partial charge in [0.1, 0.15) is 5.75 Å². The molecular formula is C15H21ClO2. The van der Waals surface area contributed by atoms with Gasteiger partial charge in [0.05, 0.1) is 0 Å². The molecule has 1 N–H and O–H groups in total. The van der Waals surface area contributed by atoms with Crippen molar-refractivity contribution >= 4 is 16.8 Å². The van der Waals surface area contributed by atoms with Crippen LogP contribution in [0, 0.1) is 6.92 Å². The summed E-state index contributed by atoms with van der Waals surface area (Å²) in [6.45, 7) is 8.13. The SMILES string of the molecule is Cc1cc(CCCC(=O)Cl)cc(C(C)(C)C)c1O. The highest BCUT2D eigenvalue weighted by atomic mass is 35.5. The predicted octanol–water partition coefficient (Wildman–Crippen LogP) is 4.09. The maximum Gasteiger partial charge on any atom is 0.221 e. The second-order valence-electron chi connectivity index (χ2n) is 5.77. The number of rotatable bonds is 4. The molecule has 1 rings (SSSR count). The molecule has 1 aromatic carbocycles. The number of aromatic hydroxyl groups is 1. The summed E-state index contributed by atoms with van der Waals surface area (Å²) in [4.78, 5) is 10.7. The molecule has 2 nitrogen and oxygen atoms in total. The van der Waals surface area contributed by atoms with Crippen molar-refractivity contribution < 1.29 is 9.90 Å². The summed E-state index contributed by atoms with van der Waals surface area (Å²) in [5, 5.41) is 9.81. The van der Waals surface area contributed by atoms with Gasteiger partial charge in [-0.15, -0.1) is 0 Å². The van der Waals surface area contributed by atoms with Crippen LogP contribution >= 0.6 is 11.6 Å². The second kappa shape index (κ2) is 5.75. The first-order valence-electron chi connectivity index (χ1n) is 6.23. The lowest BCUT2D eigenvalue weighted by Crippen LogP contribution is -2.12. The zero-order chi connectivity index (χ0) is 13.9. The molecule has 0 radical (unpaired) electrons. The predicted molar refractivity (Wildman–Crippen MR) is 75.3 cm³/mol. The van der Waals surface area contributed by atoms with Crippen LogP contribution in [0.15, 0.2) is 12.1 Å². The molecule has 0 unspecified atom stereocenters. The highest BCUT2D eigenvalue weighted by Gasteiger charge is 2.20. The normalized spacial score (nSPS) is 11.6. The first-order valence-corrected chi connectivity index (χ1v) is 6.61. The fourth-order valence-corrected chi connectivity index (χ4v) is 2.14. The third-order valence-electron chi connectivity index (χ3n) is 3.01. The van der Waals surface area contributed by atoms with Gasteiger partial charge in [0, 0.05) is 6.42 Å². The Labute approximate surface area is 114 Å². The van der Waals surface area contributed by atoms with E-state index in [1.165, 1.54) is 0 Å². The van der Waals surface area contributed by atoms with Crippen LogP contribution in [0.3, 0.4) is 0 Å². The zero-order valence-electron chi connectivity index (χ0n) is 11.5. The van der Waals surface area contributed by atoms with Gasteiger partial charge in [0.15, 0.2) is 0 Å². The Morgan fingerprint density at radius 1 is 1.33 bits per heavy atom. The van der Waals surface area contributed by atoms with Crippen molar-refractivity contribution in [3.63, 3.8) is 0 Å². The quantitative estimate of drug-likeness (QED) is 0.836. The number of hydrogen-bond donors (Lipinski definition) is 1. The molecule has 0 bridgehead atoms. The molecule has 0 amide bonds. The molecule has 0 aliphatic heterocycles. The van der Waals surface area contributed by atoms with Crippen molar-refractivity contribution in [3.05, 3.63) is 28.8 Å². The van der Waals surface area contributed by atoms with Gasteiger partial charge in [0.2, 0.25) is 5.24 Å². The Bertz CT molecular complexity index is 445. The minimum Gasteiger partial charge on any atom is -0.507 e. The lowest BCUT2D eigenvalue weighted by molar-refractivity contribution is -0.111. The number of benzene rings is 1. The number of carbonyl (C=O) groups is 1. The average molecular weight is 269 g/mol. The zero-order valence-corrected chi connectivity index (χ0v) is 12.3. The fourth-order valence-electron chi connectivity index (χ4n) is 2.00. The van der Waals surface area contributed by atoms with E-state index in [-0.39, 0.29) is 10.7 Å². The van der Waals surface area contributed by atoms with E-state index in [4.69, 9.17) is 11.6 Å². The maximum atomic E-state index is 10.7. The largest absolute Gasteiger partial charge is 0.507 e. The second-order valence-corrected chi connectivity index (χ2v) is 6.19. The number of halogens is 1. The molecule has 3 heteroatoms. The van der Waals surface area contributed by atoms with E-state index in [2.05, 4.69) is 20.8 Å². The fraction of sp³-hybridized carbons (Fsp3) is 0.533. The molecule has 1 aromatic rings. The molecule has 100 valence electrons. The van der Waals surface area contributed by atoms with E-state index in [0.717, 1.165) is 29.5 Å². The number of aryl methyl sites for hydroxylation is 2. The summed E-state index contributed by atoms with van der Waals surface area (Å²) in [7, 11) is 0. The van der Waals surface area contributed by atoms with E-state index in [0.29, 0.717) is 12.2 Å². The van der Waals surface area contributed by atoms with Crippen LogP contribution in [-0.4, -0.2) is 10.3 Å². The molecular weight excluding hydrogens is 248 g/mol. The lowest BCUT2D eigenvalue weighted by atomic mass is 9.83. The summed E-state index contributed by atoms with van der Waals surface area (Å²) in [5.41, 5.74) is 2.89. The Morgan fingerprint density at radius 3 is 2.44 bits per heavy atom. The molecule has 0 atom stereocenters. The van der Waals surface area contributed by atoms with Crippen LogP contribution < -0.4 is 0 Å². The summed E-state index contributed by atoms with van der Waals surface area (Å²) in [6, 6.07) is 4.00. The molecule has 0 spiro atoms. The van der Waals surface area contributed by atoms with Gasteiger partial charge in [0.25, 0.3) is 0 Å². The molecule has 0 aromatic heterocycles. The van der Waals surface area contributed by atoms with E-state index in [9.17, 15) is 9.90 Å². The van der Waals surface area contributed by atoms with Crippen LogP contribution in [0.4, 0.5) is 0 Å². The molecule has 0 aliphatic rings. The van der Waals surface area contributed by atoms with E-state index in [1.54, 1.807) is 0 Å². The van der Waals surface area contributed by atoms with Crippen molar-refractivity contribution in [1.82, 2.24) is 0 Å². The number of carbonyl (C=O) groups excluding carboxylic acids is 1. The third kappa shape index (κ3) is 4.02. The van der Waals surface area contributed by atoms with Crippen molar-refractivity contribution in [1.29, 1.82) is 0 Å². The van der Waals surface area contributed by atoms with E-state index in [1.807, 2.05) is 19.1 Å². The van der Waals surface area contributed by atoms with Gasteiger partial charge >= 0.3 is 0 Å². The van der Waals surface area contributed by atoms with E-state index >= 15 is 0 Å². The van der Waals surface area contributed by atoms with Crippen LogP contribution in [0.2, 0.25) is 0 Å². The summed E-state index contributed by atoms with van der Waals surface area (Å²) in [5.74, 6) is 0.375. The van der Waals surface area contributed by atoms with Gasteiger partial charge in [-0.25, -0.2) is 0 Å². The first-order chi connectivity index (χ1) is 8.21. The Hall–Kier alpha value is -1.02. The van der Waals surface area contributed by atoms with Crippen LogP contribution in [-0.2, 0) is 16.6 Å². The molecule has 0 aliphatic carbocycles. The summed E-state index contributed by atoms with van der Waals surface area (Å²) in [6.07, 6.45) is 1.95. The molecule has 0 fully saturated rings. The van der Waals surface area contributed by atoms with Crippen molar-refractivity contribution in [2.24, 2.45) is 0 Å². The Kier molecular flexibility index (Phi) is 4.80. The van der Waals surface area contributed by atoms with Crippen LogP contribution in [0.5, 0.6) is 5.75 Å². The summed E-state index contributed by atoms with van der Waals surface area (Å²) >= 11 is 5.33. The van der Waals surface area contributed by atoms with Gasteiger partial charge in [-0.05, 0) is 53.5 Å². The number of phenols is 1. The topological polar surface area (TPSA) is 37.3 Å². The van der Waals surface area contributed by atoms with Gasteiger partial charge in [-0.2, -0.15) is 0 Å². The van der Waals surface area contributed by atoms with Crippen LogP contribution in [0.1, 0.15) is 50.3 Å². The van der Waals surface area contributed by atoms with Crippen molar-refractivity contribution in [3.8, 4) is 5.75 Å². The van der Waals surface area contributed by atoms with Gasteiger partial charge in [-0.1, -0.05) is 32.9 Å². The average Bonchev–Trinajstić information content (AvgIpc) is 2.20. The Balaban J connectivity index is 2.95. The summed E-state index contributed by atoms with van der Waals surface area (Å²) < 4.78 is 0. The third-order valence-corrected chi connectivity index (χ3v) is 3.20. The lowest BCUT2D eigenvalue weighted by Gasteiger charge is -2.22. The van der Waals surface area contributed by atoms with Gasteiger partial charge in [-0.3, -0.25) is 4.79 Å². The minimum absolute atomic E-state index is 0.0901. The van der Waals surface area contributed by atoms with Crippen LogP contribution in [0.25, 0.3) is 0 Å². The molecule has 18 heavy (non-hydrogen) atoms. The molecule has 0 saturated heterocycles. The minimum atomic E-state index is -0.290. The van der Waals surface area contributed by atoms with E-state index < -0.39 is 0 Å². The smallest absolute Gasteiger partial charge is 0.221 e. The van der Waals surface area contributed by atoms with Crippen molar-refractivity contribution in [2.75, 3.05) is 0 Å². The highest BCUT2D eigenvalue weighted by molar-refractivity contribution is 6.63. The highest BCUT2D eigenvalue weighted by Crippen LogP contribution is 2.34. The van der Waals surface area contributed by atoms with Gasteiger partial charge < -0.3 is 5.11 Å². The maximum absolute atomic E-state index is 10.7. The number of hydrogen-bond acceptors (Lipinski definition) is 2. The first kappa shape index (κ1) is 15.0. The standard InChI is InChI=1S/C15H21ClO2/c1-10-8-11(6-5-7-13(16)17)9-12(14(10)18)15(2,3)4/h8-9,18H,5-7H2,1-4H3. The Morgan fingerprint density at radius 2 is 1.94 bits per heavy atom. The monoisotopic (exact) mass is 268 g/mol. The molecule has 0 saturated carbocycles. The molecule has 0 heterocycles.